The summed E-state index contributed by atoms with van der Waals surface area (Å²) < 4.78 is 15.2. The predicted molar refractivity (Wildman–Crippen MR) is 114 cm³/mol. The molecule has 1 unspecified atom stereocenters. The highest BCUT2D eigenvalue weighted by molar-refractivity contribution is 6.05. The van der Waals surface area contributed by atoms with Crippen LogP contribution in [0.5, 0.6) is 0 Å². The Bertz CT molecular complexity index is 1100. The second kappa shape index (κ2) is 8.90. The molecule has 1 atom stereocenters. The molecule has 166 valence electrons. The molecular formula is C24H24FN3O4. The summed E-state index contributed by atoms with van der Waals surface area (Å²) in [5, 5.41) is 4.94. The molecule has 2 heterocycles. The molecule has 2 aliphatic rings. The van der Waals surface area contributed by atoms with E-state index in [9.17, 15) is 19.2 Å². The highest BCUT2D eigenvalue weighted by Gasteiger charge is 2.40. The van der Waals surface area contributed by atoms with Crippen LogP contribution in [0.25, 0.3) is 0 Å². The van der Waals surface area contributed by atoms with Gasteiger partial charge < -0.3 is 10.2 Å². The Kier molecular flexibility index (Phi) is 6.03. The fourth-order valence-corrected chi connectivity index (χ4v) is 4.18. The van der Waals surface area contributed by atoms with Crippen LogP contribution in [0.15, 0.2) is 36.4 Å². The number of nitrogens with one attached hydrogen (secondary N) is 2. The Morgan fingerprint density at radius 2 is 1.91 bits per heavy atom. The molecule has 0 aromatic heterocycles. The third-order valence-corrected chi connectivity index (χ3v) is 5.92. The Morgan fingerprint density at radius 1 is 1.16 bits per heavy atom. The molecule has 0 aliphatic carbocycles. The minimum absolute atomic E-state index is 0.0265. The van der Waals surface area contributed by atoms with Gasteiger partial charge in [0, 0.05) is 35.2 Å². The fraction of sp³-hybridized carbons (Fsp3) is 0.333. The second-order valence-electron chi connectivity index (χ2n) is 8.09. The average Bonchev–Trinajstić information content (AvgIpc) is 3.11. The van der Waals surface area contributed by atoms with Crippen LogP contribution in [0.1, 0.15) is 63.6 Å². The molecule has 2 N–H and O–H groups in total. The molecule has 0 bridgehead atoms. The number of carbonyl (C=O) groups is 4. The summed E-state index contributed by atoms with van der Waals surface area (Å²) in [4.78, 5) is 50.0. The lowest BCUT2D eigenvalue weighted by Gasteiger charge is -2.29. The molecule has 1 fully saturated rings. The van der Waals surface area contributed by atoms with Crippen LogP contribution in [-0.2, 0) is 29.1 Å². The Hall–Kier alpha value is -3.55. The average molecular weight is 437 g/mol. The van der Waals surface area contributed by atoms with Gasteiger partial charge in [0.2, 0.25) is 11.8 Å². The number of rotatable bonds is 6. The number of amides is 4. The van der Waals surface area contributed by atoms with Crippen LogP contribution in [0.2, 0.25) is 0 Å². The third-order valence-electron chi connectivity index (χ3n) is 5.92. The molecule has 4 rings (SSSR count). The van der Waals surface area contributed by atoms with Crippen molar-refractivity contribution >= 4 is 23.6 Å². The lowest BCUT2D eigenvalue weighted by Crippen LogP contribution is -2.52. The van der Waals surface area contributed by atoms with E-state index >= 15 is 4.39 Å². The first-order chi connectivity index (χ1) is 15.4. The van der Waals surface area contributed by atoms with E-state index in [1.54, 1.807) is 12.1 Å². The monoisotopic (exact) mass is 437 g/mol. The zero-order valence-electron chi connectivity index (χ0n) is 17.7. The third kappa shape index (κ3) is 4.12. The molecule has 8 heteroatoms. The van der Waals surface area contributed by atoms with Crippen molar-refractivity contribution in [3.63, 3.8) is 0 Å². The number of hydrogen-bond acceptors (Lipinski definition) is 4. The van der Waals surface area contributed by atoms with E-state index in [0.717, 1.165) is 18.4 Å². The van der Waals surface area contributed by atoms with Gasteiger partial charge in [-0.2, -0.15) is 0 Å². The van der Waals surface area contributed by atoms with Crippen LogP contribution >= 0.6 is 0 Å². The summed E-state index contributed by atoms with van der Waals surface area (Å²) in [7, 11) is 0. The summed E-state index contributed by atoms with van der Waals surface area (Å²) in [5.74, 6) is -2.23. The van der Waals surface area contributed by atoms with Crippen LogP contribution in [-0.4, -0.2) is 34.6 Å². The van der Waals surface area contributed by atoms with E-state index < -0.39 is 23.7 Å². The molecule has 0 radical (unpaired) electrons. The van der Waals surface area contributed by atoms with Gasteiger partial charge in [-0.05, 0) is 36.6 Å². The van der Waals surface area contributed by atoms with Crippen molar-refractivity contribution in [1.82, 2.24) is 15.5 Å². The first-order valence-corrected chi connectivity index (χ1v) is 10.7. The normalized spacial score (nSPS) is 17.9. The number of hydrogen-bond donors (Lipinski definition) is 2. The topological polar surface area (TPSA) is 95.6 Å². The minimum atomic E-state index is -0.800. The zero-order valence-corrected chi connectivity index (χ0v) is 17.7. The number of aryl methyl sites for hydroxylation is 1. The summed E-state index contributed by atoms with van der Waals surface area (Å²) in [6.07, 6.45) is 2.31. The number of imide groups is 1. The largest absolute Gasteiger partial charge is 0.348 e. The molecular weight excluding hydrogens is 413 g/mol. The number of halogens is 1. The molecule has 32 heavy (non-hydrogen) atoms. The van der Waals surface area contributed by atoms with E-state index in [-0.39, 0.29) is 54.4 Å². The maximum Gasteiger partial charge on any atom is 0.255 e. The van der Waals surface area contributed by atoms with Gasteiger partial charge in [0.25, 0.3) is 11.8 Å². The molecule has 2 aromatic carbocycles. The Labute approximate surface area is 185 Å². The molecule has 2 aromatic rings. The van der Waals surface area contributed by atoms with Gasteiger partial charge in [-0.25, -0.2) is 4.39 Å². The number of benzene rings is 2. The van der Waals surface area contributed by atoms with E-state index in [4.69, 9.17) is 0 Å². The van der Waals surface area contributed by atoms with Crippen molar-refractivity contribution in [2.24, 2.45) is 0 Å². The van der Waals surface area contributed by atoms with Crippen molar-refractivity contribution in [2.45, 2.75) is 51.7 Å². The van der Waals surface area contributed by atoms with Gasteiger partial charge >= 0.3 is 0 Å². The van der Waals surface area contributed by atoms with Gasteiger partial charge in [-0.1, -0.05) is 31.5 Å². The van der Waals surface area contributed by atoms with Crippen molar-refractivity contribution in [3.05, 3.63) is 70.0 Å². The number of nitrogens with zero attached hydrogens (tertiary/aromatic N) is 1. The van der Waals surface area contributed by atoms with Crippen LogP contribution in [0, 0.1) is 5.82 Å². The zero-order chi connectivity index (χ0) is 22.8. The van der Waals surface area contributed by atoms with Crippen LogP contribution in [0.3, 0.4) is 0 Å². The number of piperidine rings is 1. The van der Waals surface area contributed by atoms with Crippen molar-refractivity contribution in [2.75, 3.05) is 0 Å². The highest BCUT2D eigenvalue weighted by Crippen LogP contribution is 2.30. The Balaban J connectivity index is 1.45. The molecule has 0 spiro atoms. The lowest BCUT2D eigenvalue weighted by molar-refractivity contribution is -0.136. The highest BCUT2D eigenvalue weighted by atomic mass is 19.1. The minimum Gasteiger partial charge on any atom is -0.348 e. The summed E-state index contributed by atoms with van der Waals surface area (Å²) in [6, 6.07) is 9.50. The smallest absolute Gasteiger partial charge is 0.255 e. The van der Waals surface area contributed by atoms with E-state index in [1.807, 2.05) is 12.1 Å². The van der Waals surface area contributed by atoms with Crippen molar-refractivity contribution in [3.8, 4) is 0 Å². The first kappa shape index (κ1) is 21.7. The fourth-order valence-electron chi connectivity index (χ4n) is 4.18. The van der Waals surface area contributed by atoms with E-state index in [1.165, 1.54) is 17.0 Å². The standard InChI is InChI=1S/C24H24FN3O4/c1-2-3-14-4-6-15(7-5-14)22(30)26-12-16-8-9-17-18(21(16)25)13-28(24(17)32)19-10-11-20(29)27-23(19)31/h4-9,19H,2-3,10-13H2,1H3,(H,26,30)(H,27,29,31). The molecule has 7 nitrogen and oxygen atoms in total. The Morgan fingerprint density at radius 3 is 2.59 bits per heavy atom. The summed E-state index contributed by atoms with van der Waals surface area (Å²) in [5.41, 5.74) is 2.31. The predicted octanol–water partition coefficient (Wildman–Crippen LogP) is 2.47. The molecule has 4 amide bonds. The van der Waals surface area contributed by atoms with Gasteiger partial charge in [0.15, 0.2) is 0 Å². The van der Waals surface area contributed by atoms with Gasteiger partial charge in [0.05, 0.1) is 6.54 Å². The lowest BCUT2D eigenvalue weighted by atomic mass is 10.0. The number of fused-ring (bicyclic) bond motifs is 1. The number of carbonyl (C=O) groups excluding carboxylic acids is 4. The maximum atomic E-state index is 15.2. The van der Waals surface area contributed by atoms with Crippen molar-refractivity contribution < 1.29 is 23.6 Å². The SMILES string of the molecule is CCCc1ccc(C(=O)NCc2ccc3c(c2F)CN(C2CCC(=O)NC2=O)C3=O)cc1. The molecule has 2 aliphatic heterocycles. The van der Waals surface area contributed by atoms with Crippen molar-refractivity contribution in [1.29, 1.82) is 0 Å². The second-order valence-corrected chi connectivity index (χ2v) is 8.09. The molecule has 0 saturated carbocycles. The van der Waals surface area contributed by atoms with E-state index in [2.05, 4.69) is 17.6 Å². The first-order valence-electron chi connectivity index (χ1n) is 10.7. The van der Waals surface area contributed by atoms with Gasteiger partial charge in [-0.3, -0.25) is 24.5 Å². The van der Waals surface area contributed by atoms with Gasteiger partial charge in [-0.15, -0.1) is 0 Å². The van der Waals surface area contributed by atoms with E-state index in [0.29, 0.717) is 5.56 Å². The summed E-state index contributed by atoms with van der Waals surface area (Å²) >= 11 is 0. The quantitative estimate of drug-likeness (QED) is 0.679. The van der Waals surface area contributed by atoms with Crippen LogP contribution in [0.4, 0.5) is 4.39 Å². The maximum absolute atomic E-state index is 15.2. The molecule has 1 saturated heterocycles. The van der Waals surface area contributed by atoms with Crippen LogP contribution < -0.4 is 10.6 Å². The van der Waals surface area contributed by atoms with Gasteiger partial charge in [0.1, 0.15) is 11.9 Å². The summed E-state index contributed by atoms with van der Waals surface area (Å²) in [6.45, 7) is 2.01.